The maximum Gasteiger partial charge on any atom is 0.313 e. The lowest BCUT2D eigenvalue weighted by Crippen LogP contribution is -2.72. The van der Waals surface area contributed by atoms with E-state index in [0.29, 0.717) is 5.75 Å². The van der Waals surface area contributed by atoms with Crippen molar-refractivity contribution in [3.63, 3.8) is 0 Å². The van der Waals surface area contributed by atoms with E-state index in [1.54, 1.807) is 0 Å². The summed E-state index contributed by atoms with van der Waals surface area (Å²) in [4.78, 5) is 24.0. The summed E-state index contributed by atoms with van der Waals surface area (Å²) in [6.07, 6.45) is 0. The van der Waals surface area contributed by atoms with Crippen LogP contribution >= 0.6 is 23.4 Å². The predicted octanol–water partition coefficient (Wildman–Crippen LogP) is -0.461. The van der Waals surface area contributed by atoms with Crippen LogP contribution in [0.4, 0.5) is 0 Å². The zero-order chi connectivity index (χ0) is 11.2. The van der Waals surface area contributed by atoms with E-state index in [4.69, 9.17) is 22.4 Å². The van der Waals surface area contributed by atoms with Crippen molar-refractivity contribution in [3.05, 3.63) is 0 Å². The van der Waals surface area contributed by atoms with Gasteiger partial charge in [0.05, 0.1) is 0 Å². The van der Waals surface area contributed by atoms with Gasteiger partial charge in [-0.05, 0) is 0 Å². The molecule has 1 amide bonds. The lowest BCUT2D eigenvalue weighted by molar-refractivity contribution is -0.155. The standard InChI is InChI=1S/C8H11ClN2O3S/c9-1-8(7(13)14)2-11-5(12)4(10)6(11)15-3-8/h4,6H,1-3,10H2,(H,13,14)/t4-,6-,8?/m1/s1. The third-order valence-corrected chi connectivity index (χ3v) is 5.02. The highest BCUT2D eigenvalue weighted by Gasteiger charge is 2.55. The van der Waals surface area contributed by atoms with E-state index in [9.17, 15) is 9.59 Å². The number of thioether (sulfide) groups is 1. The second kappa shape index (κ2) is 3.54. The Kier molecular flexibility index (Phi) is 2.60. The van der Waals surface area contributed by atoms with Crippen LogP contribution in [0.5, 0.6) is 0 Å². The number of nitrogens with zero attached hydrogens (tertiary/aromatic N) is 1. The van der Waals surface area contributed by atoms with Gasteiger partial charge in [-0.2, -0.15) is 0 Å². The van der Waals surface area contributed by atoms with Crippen molar-refractivity contribution in [3.8, 4) is 0 Å². The van der Waals surface area contributed by atoms with Crippen LogP contribution in [-0.2, 0) is 9.59 Å². The monoisotopic (exact) mass is 250 g/mol. The minimum absolute atomic E-state index is 0.0150. The Morgan fingerprint density at radius 2 is 2.47 bits per heavy atom. The zero-order valence-corrected chi connectivity index (χ0v) is 9.42. The quantitative estimate of drug-likeness (QED) is 0.512. The molecule has 0 spiro atoms. The summed E-state index contributed by atoms with van der Waals surface area (Å²) < 4.78 is 0. The van der Waals surface area contributed by atoms with E-state index in [-0.39, 0.29) is 23.7 Å². The van der Waals surface area contributed by atoms with Gasteiger partial charge in [-0.25, -0.2) is 0 Å². The molecule has 0 radical (unpaired) electrons. The van der Waals surface area contributed by atoms with Crippen molar-refractivity contribution < 1.29 is 14.7 Å². The molecule has 0 saturated carbocycles. The highest BCUT2D eigenvalue weighted by molar-refractivity contribution is 8.00. The van der Waals surface area contributed by atoms with Crippen LogP contribution in [-0.4, -0.2) is 51.5 Å². The maximum absolute atomic E-state index is 11.4. The summed E-state index contributed by atoms with van der Waals surface area (Å²) in [5, 5.41) is 9.04. The molecule has 1 unspecified atom stereocenters. The normalized spacial score (nSPS) is 39.6. The van der Waals surface area contributed by atoms with Crippen LogP contribution in [0.3, 0.4) is 0 Å². The molecular weight excluding hydrogens is 240 g/mol. The topological polar surface area (TPSA) is 83.6 Å². The first-order valence-corrected chi connectivity index (χ1v) is 6.07. The molecule has 2 rings (SSSR count). The molecule has 3 N–H and O–H groups in total. The van der Waals surface area contributed by atoms with E-state index >= 15 is 0 Å². The summed E-state index contributed by atoms with van der Waals surface area (Å²) in [5.74, 6) is -0.700. The number of fused-ring (bicyclic) bond motifs is 1. The third kappa shape index (κ3) is 1.43. The number of aliphatic carboxylic acids is 1. The second-order valence-electron chi connectivity index (χ2n) is 3.91. The van der Waals surface area contributed by atoms with E-state index in [0.717, 1.165) is 0 Å². The van der Waals surface area contributed by atoms with Crippen LogP contribution in [0.1, 0.15) is 0 Å². The molecule has 0 aromatic carbocycles. The molecule has 2 heterocycles. The summed E-state index contributed by atoms with van der Waals surface area (Å²) >= 11 is 7.09. The molecule has 0 aromatic heterocycles. The summed E-state index contributed by atoms with van der Waals surface area (Å²) in [6, 6.07) is -0.475. The molecule has 3 atom stereocenters. The Labute approximate surface area is 95.9 Å². The van der Waals surface area contributed by atoms with E-state index in [2.05, 4.69) is 0 Å². The SMILES string of the molecule is N[C@@H]1C(=O)N2CC(CCl)(C(=O)O)CS[C@H]12. The van der Waals surface area contributed by atoms with Crippen molar-refractivity contribution in [2.75, 3.05) is 18.2 Å². The van der Waals surface area contributed by atoms with Crippen LogP contribution < -0.4 is 5.73 Å². The highest BCUT2D eigenvalue weighted by atomic mass is 35.5. The minimum Gasteiger partial charge on any atom is -0.481 e. The minimum atomic E-state index is -1.02. The van der Waals surface area contributed by atoms with Crippen LogP contribution in [0.25, 0.3) is 0 Å². The second-order valence-corrected chi connectivity index (χ2v) is 5.28. The van der Waals surface area contributed by atoms with Crippen molar-refractivity contribution in [1.82, 2.24) is 4.90 Å². The van der Waals surface area contributed by atoms with Crippen LogP contribution in [0.2, 0.25) is 0 Å². The number of alkyl halides is 1. The van der Waals surface area contributed by atoms with Gasteiger partial charge in [-0.1, -0.05) is 0 Å². The summed E-state index contributed by atoms with van der Waals surface area (Å²) in [6.45, 7) is 0.177. The summed E-state index contributed by atoms with van der Waals surface area (Å²) in [5.41, 5.74) is 4.57. The molecular formula is C8H11ClN2O3S. The fourth-order valence-electron chi connectivity index (χ4n) is 1.80. The Morgan fingerprint density at radius 3 is 3.00 bits per heavy atom. The average Bonchev–Trinajstić information content (AvgIpc) is 2.26. The maximum atomic E-state index is 11.4. The number of carbonyl (C=O) groups is 2. The Balaban J connectivity index is 2.15. The Bertz CT molecular complexity index is 327. The van der Waals surface area contributed by atoms with Gasteiger partial charge in [0, 0.05) is 18.2 Å². The predicted molar refractivity (Wildman–Crippen MR) is 56.7 cm³/mol. The van der Waals surface area contributed by atoms with Gasteiger partial charge in [0.25, 0.3) is 0 Å². The number of carboxylic acids is 1. The molecule has 2 fully saturated rings. The van der Waals surface area contributed by atoms with Gasteiger partial charge in [0.15, 0.2) is 0 Å². The first-order chi connectivity index (χ1) is 7.02. The fraction of sp³-hybridized carbons (Fsp3) is 0.750. The van der Waals surface area contributed by atoms with Gasteiger partial charge in [0.1, 0.15) is 16.8 Å². The molecule has 5 nitrogen and oxygen atoms in total. The highest BCUT2D eigenvalue weighted by Crippen LogP contribution is 2.41. The van der Waals surface area contributed by atoms with E-state index < -0.39 is 17.4 Å². The zero-order valence-electron chi connectivity index (χ0n) is 7.85. The van der Waals surface area contributed by atoms with Crippen molar-refractivity contribution in [2.24, 2.45) is 11.1 Å². The third-order valence-electron chi connectivity index (χ3n) is 2.90. The molecule has 2 aliphatic heterocycles. The van der Waals surface area contributed by atoms with E-state index in [1.165, 1.54) is 16.7 Å². The molecule has 84 valence electrons. The summed E-state index contributed by atoms with van der Waals surface area (Å²) in [7, 11) is 0. The lowest BCUT2D eigenvalue weighted by Gasteiger charge is -2.52. The van der Waals surface area contributed by atoms with Crippen LogP contribution in [0.15, 0.2) is 0 Å². The first kappa shape index (κ1) is 11.0. The molecule has 15 heavy (non-hydrogen) atoms. The number of hydrogen-bond acceptors (Lipinski definition) is 4. The Morgan fingerprint density at radius 1 is 1.80 bits per heavy atom. The molecule has 0 bridgehead atoms. The molecule has 7 heteroatoms. The van der Waals surface area contributed by atoms with Gasteiger partial charge >= 0.3 is 5.97 Å². The van der Waals surface area contributed by atoms with Gasteiger partial charge in [-0.15, -0.1) is 23.4 Å². The average molecular weight is 251 g/mol. The lowest BCUT2D eigenvalue weighted by atomic mass is 9.89. The molecule has 0 aromatic rings. The van der Waals surface area contributed by atoms with Crippen molar-refractivity contribution in [1.29, 1.82) is 0 Å². The molecule has 0 aliphatic carbocycles. The number of halogens is 1. The number of hydrogen-bond donors (Lipinski definition) is 2. The number of rotatable bonds is 2. The van der Waals surface area contributed by atoms with Crippen LogP contribution in [0, 0.1) is 5.41 Å². The van der Waals surface area contributed by atoms with Crippen molar-refractivity contribution >= 4 is 35.2 Å². The van der Waals surface area contributed by atoms with E-state index in [1.807, 2.05) is 0 Å². The first-order valence-electron chi connectivity index (χ1n) is 4.49. The number of β-lactam (4-membered cyclic amide) rings is 1. The molecule has 2 saturated heterocycles. The van der Waals surface area contributed by atoms with Gasteiger partial charge in [0.2, 0.25) is 5.91 Å². The van der Waals surface area contributed by atoms with Crippen molar-refractivity contribution in [2.45, 2.75) is 11.4 Å². The number of amides is 1. The number of carbonyl (C=O) groups excluding carboxylic acids is 1. The fourth-order valence-corrected chi connectivity index (χ4v) is 3.69. The molecule has 2 aliphatic rings. The number of carboxylic acid groups (broad SMARTS) is 1. The van der Waals surface area contributed by atoms with Gasteiger partial charge in [-0.3, -0.25) is 9.59 Å². The smallest absolute Gasteiger partial charge is 0.313 e. The van der Waals surface area contributed by atoms with Gasteiger partial charge < -0.3 is 15.7 Å². The Hall–Kier alpha value is -0.460. The number of nitrogens with two attached hydrogens (primary N) is 1. The largest absolute Gasteiger partial charge is 0.481 e.